The lowest BCUT2D eigenvalue weighted by Gasteiger charge is -2.22. The molecular weight excluding hydrogens is 827 g/mol. The van der Waals surface area contributed by atoms with Gasteiger partial charge in [-0.3, -0.25) is 9.59 Å². The van der Waals surface area contributed by atoms with Gasteiger partial charge in [0.15, 0.2) is 0 Å². The number of esters is 1. The van der Waals surface area contributed by atoms with Gasteiger partial charge in [0.05, 0.1) is 25.4 Å². The molecule has 0 saturated heterocycles. The van der Waals surface area contributed by atoms with Gasteiger partial charge in [-0.25, -0.2) is 0 Å². The second-order valence-corrected chi connectivity index (χ2v) is 20.7. The molecule has 3 N–H and O–H groups in total. The summed E-state index contributed by atoms with van der Waals surface area (Å²) in [5.74, 6) is -0.0601. The molecule has 396 valence electrons. The van der Waals surface area contributed by atoms with Gasteiger partial charge in [-0.1, -0.05) is 282 Å². The zero-order valence-electron chi connectivity index (χ0n) is 45.1. The maximum atomic E-state index is 12.5. The van der Waals surface area contributed by atoms with Gasteiger partial charge in [0.2, 0.25) is 5.91 Å². The van der Waals surface area contributed by atoms with E-state index in [0.29, 0.717) is 25.9 Å². The van der Waals surface area contributed by atoms with Crippen LogP contribution in [0.2, 0.25) is 0 Å². The van der Waals surface area contributed by atoms with Crippen molar-refractivity contribution in [2.45, 2.75) is 341 Å². The van der Waals surface area contributed by atoms with E-state index in [0.717, 1.165) is 64.2 Å². The molecule has 0 rings (SSSR count). The Morgan fingerprint density at radius 2 is 0.746 bits per heavy atom. The second kappa shape index (κ2) is 56.9. The molecule has 2 atom stereocenters. The highest BCUT2D eigenvalue weighted by Gasteiger charge is 2.20. The Labute approximate surface area is 418 Å². The topological polar surface area (TPSA) is 95.9 Å². The van der Waals surface area contributed by atoms with E-state index in [9.17, 15) is 19.8 Å². The highest BCUT2D eigenvalue weighted by molar-refractivity contribution is 5.76. The summed E-state index contributed by atoms with van der Waals surface area (Å²) < 4.78 is 5.48. The Hall–Kier alpha value is -1.66. The lowest BCUT2D eigenvalue weighted by atomic mass is 10.0. The van der Waals surface area contributed by atoms with Crippen LogP contribution in [0.1, 0.15) is 328 Å². The third-order valence-electron chi connectivity index (χ3n) is 14.0. The van der Waals surface area contributed by atoms with Crippen LogP contribution in [0.3, 0.4) is 0 Å². The summed E-state index contributed by atoms with van der Waals surface area (Å²) >= 11 is 0. The fourth-order valence-corrected chi connectivity index (χ4v) is 9.38. The number of hydrogen-bond acceptors (Lipinski definition) is 5. The van der Waals surface area contributed by atoms with Crippen molar-refractivity contribution < 1.29 is 24.5 Å². The molecule has 0 aromatic heterocycles. The minimum Gasteiger partial charge on any atom is -0.466 e. The number of unbranched alkanes of at least 4 members (excludes halogenated alkanes) is 41. The van der Waals surface area contributed by atoms with Crippen LogP contribution < -0.4 is 5.32 Å². The number of carbonyl (C=O) groups is 2. The predicted octanol–water partition coefficient (Wildman–Crippen LogP) is 18.6. The Kier molecular flexibility index (Phi) is 55.5. The van der Waals surface area contributed by atoms with Crippen molar-refractivity contribution in [1.82, 2.24) is 5.32 Å². The van der Waals surface area contributed by atoms with E-state index in [1.807, 2.05) is 0 Å². The average molecular weight is 945 g/mol. The number of ether oxygens (including phenoxy) is 1. The molecule has 0 aliphatic rings. The van der Waals surface area contributed by atoms with E-state index in [1.54, 1.807) is 0 Å². The molecule has 0 bridgehead atoms. The van der Waals surface area contributed by atoms with Gasteiger partial charge >= 0.3 is 5.97 Å². The predicted molar refractivity (Wildman–Crippen MR) is 292 cm³/mol. The molecule has 0 spiro atoms. The first-order valence-electron chi connectivity index (χ1n) is 30.1. The van der Waals surface area contributed by atoms with Crippen molar-refractivity contribution >= 4 is 11.9 Å². The molecule has 1 amide bonds. The largest absolute Gasteiger partial charge is 0.466 e. The summed E-state index contributed by atoms with van der Waals surface area (Å²) in [7, 11) is 0. The minimum atomic E-state index is -0.675. The van der Waals surface area contributed by atoms with Crippen molar-refractivity contribution in [3.63, 3.8) is 0 Å². The Morgan fingerprint density at radius 3 is 1.16 bits per heavy atom. The lowest BCUT2D eigenvalue weighted by Crippen LogP contribution is -2.45. The van der Waals surface area contributed by atoms with Crippen LogP contribution in [0, 0.1) is 0 Å². The van der Waals surface area contributed by atoms with Crippen LogP contribution in [0.15, 0.2) is 24.3 Å². The van der Waals surface area contributed by atoms with Crippen molar-refractivity contribution in [3.05, 3.63) is 24.3 Å². The molecule has 0 aromatic carbocycles. The number of hydrogen-bond donors (Lipinski definition) is 3. The maximum Gasteiger partial charge on any atom is 0.305 e. The monoisotopic (exact) mass is 944 g/mol. The van der Waals surface area contributed by atoms with Gasteiger partial charge in [-0.15, -0.1) is 0 Å². The smallest absolute Gasteiger partial charge is 0.305 e. The molecule has 2 unspecified atom stereocenters. The van der Waals surface area contributed by atoms with Gasteiger partial charge < -0.3 is 20.3 Å². The highest BCUT2D eigenvalue weighted by atomic mass is 16.5. The normalized spacial score (nSPS) is 12.7. The molecule has 67 heavy (non-hydrogen) atoms. The number of nitrogens with one attached hydrogen (secondary N) is 1. The summed E-state index contributed by atoms with van der Waals surface area (Å²) in [6.07, 6.45) is 68.8. The summed E-state index contributed by atoms with van der Waals surface area (Å²) in [4.78, 5) is 24.6. The Morgan fingerprint density at radius 1 is 0.418 bits per heavy atom. The standard InChI is InChI=1S/C61H117NO5/c1-3-5-7-9-11-13-15-17-19-21-23-25-27-29-33-37-41-45-49-53-59(64)58(57-63)62-60(65)54-50-46-42-38-34-31-32-36-40-44-48-52-56-67-61(66)55-51-47-43-39-35-30-28-26-24-22-20-18-16-14-12-10-8-6-4-2/h12,14,18,20,58-59,63-64H,3-11,13,15-17,19,21-57H2,1-2H3,(H,62,65)/b14-12-,20-18-. The summed E-state index contributed by atoms with van der Waals surface area (Å²) in [6.45, 7) is 4.92. The van der Waals surface area contributed by atoms with E-state index < -0.39 is 12.1 Å². The van der Waals surface area contributed by atoms with Crippen molar-refractivity contribution in [3.8, 4) is 0 Å². The first-order chi connectivity index (χ1) is 33.0. The van der Waals surface area contributed by atoms with Crippen LogP contribution in [-0.2, 0) is 14.3 Å². The quantitative estimate of drug-likeness (QED) is 0.0321. The zero-order chi connectivity index (χ0) is 48.6. The van der Waals surface area contributed by atoms with Gasteiger partial charge in [0.1, 0.15) is 0 Å². The third-order valence-corrected chi connectivity index (χ3v) is 14.0. The molecule has 0 radical (unpaired) electrons. The molecule has 0 saturated carbocycles. The Bertz CT molecular complexity index is 1040. The average Bonchev–Trinajstić information content (AvgIpc) is 3.33. The zero-order valence-corrected chi connectivity index (χ0v) is 45.1. The minimum absolute atomic E-state index is 0.0121. The molecule has 6 heteroatoms. The first kappa shape index (κ1) is 65.3. The molecule has 0 aromatic rings. The molecule has 0 fully saturated rings. The lowest BCUT2D eigenvalue weighted by molar-refractivity contribution is -0.143. The number of aliphatic hydroxyl groups excluding tert-OH is 2. The SMILES string of the molecule is CCCCC/C=C\C/C=C\CCCCCCCCCCCC(=O)OCCCCCCCCCCCCCCC(=O)NC(CO)C(O)CCCCCCCCCCCCCCCCCCCCC. The number of aliphatic hydroxyl groups is 2. The maximum absolute atomic E-state index is 12.5. The number of carbonyl (C=O) groups excluding carboxylic acids is 2. The third kappa shape index (κ3) is 53.5. The number of rotatable bonds is 56. The van der Waals surface area contributed by atoms with Gasteiger partial charge in [0, 0.05) is 12.8 Å². The van der Waals surface area contributed by atoms with E-state index in [1.165, 1.54) is 231 Å². The van der Waals surface area contributed by atoms with Crippen LogP contribution in [0.4, 0.5) is 0 Å². The van der Waals surface area contributed by atoms with Gasteiger partial charge in [-0.05, 0) is 57.8 Å². The van der Waals surface area contributed by atoms with Crippen molar-refractivity contribution in [2.75, 3.05) is 13.2 Å². The van der Waals surface area contributed by atoms with Crippen molar-refractivity contribution in [1.29, 1.82) is 0 Å². The first-order valence-corrected chi connectivity index (χ1v) is 30.1. The van der Waals surface area contributed by atoms with Crippen LogP contribution >= 0.6 is 0 Å². The summed E-state index contributed by atoms with van der Waals surface area (Å²) in [6, 6.07) is -0.554. The molecule has 0 aliphatic carbocycles. The van der Waals surface area contributed by atoms with Crippen molar-refractivity contribution in [2.24, 2.45) is 0 Å². The van der Waals surface area contributed by atoms with E-state index >= 15 is 0 Å². The second-order valence-electron chi connectivity index (χ2n) is 20.7. The molecule has 6 nitrogen and oxygen atoms in total. The molecule has 0 aliphatic heterocycles. The summed E-state index contributed by atoms with van der Waals surface area (Å²) in [5, 5.41) is 23.3. The van der Waals surface area contributed by atoms with Crippen LogP contribution in [-0.4, -0.2) is 47.4 Å². The number of amides is 1. The van der Waals surface area contributed by atoms with Crippen LogP contribution in [0.25, 0.3) is 0 Å². The van der Waals surface area contributed by atoms with Gasteiger partial charge in [-0.2, -0.15) is 0 Å². The van der Waals surface area contributed by atoms with Crippen LogP contribution in [0.5, 0.6) is 0 Å². The summed E-state index contributed by atoms with van der Waals surface area (Å²) in [5.41, 5.74) is 0. The van der Waals surface area contributed by atoms with E-state index in [2.05, 4.69) is 43.5 Å². The molecular formula is C61H117NO5. The van der Waals surface area contributed by atoms with E-state index in [4.69, 9.17) is 4.74 Å². The van der Waals surface area contributed by atoms with E-state index in [-0.39, 0.29) is 18.5 Å². The number of allylic oxidation sites excluding steroid dienone is 4. The molecule has 0 heterocycles. The van der Waals surface area contributed by atoms with Gasteiger partial charge in [0.25, 0.3) is 0 Å². The Balaban J connectivity index is 3.44. The fraction of sp³-hybridized carbons (Fsp3) is 0.902. The highest BCUT2D eigenvalue weighted by Crippen LogP contribution is 2.18. The fourth-order valence-electron chi connectivity index (χ4n) is 9.38.